The Hall–Kier alpha value is -2.33. The van der Waals surface area contributed by atoms with E-state index in [9.17, 15) is 9.90 Å². The van der Waals surface area contributed by atoms with Gasteiger partial charge in [-0.3, -0.25) is 4.79 Å². The predicted molar refractivity (Wildman–Crippen MR) is 84.0 cm³/mol. The van der Waals surface area contributed by atoms with E-state index in [4.69, 9.17) is 4.74 Å². The van der Waals surface area contributed by atoms with Crippen molar-refractivity contribution in [2.75, 3.05) is 7.11 Å². The number of amides is 1. The minimum atomic E-state index is -0.716. The topological polar surface area (TPSA) is 58.6 Å². The van der Waals surface area contributed by atoms with E-state index >= 15 is 0 Å². The van der Waals surface area contributed by atoms with E-state index < -0.39 is 6.10 Å². The van der Waals surface area contributed by atoms with E-state index in [0.29, 0.717) is 11.3 Å². The lowest BCUT2D eigenvalue weighted by molar-refractivity contribution is 0.0799. The lowest BCUT2D eigenvalue weighted by Gasteiger charge is -2.31. The van der Waals surface area contributed by atoms with Crippen LogP contribution in [0.3, 0.4) is 0 Å². The number of carbonyl (C=O) groups is 1. The van der Waals surface area contributed by atoms with Gasteiger partial charge in [-0.1, -0.05) is 24.3 Å². The van der Waals surface area contributed by atoms with Crippen molar-refractivity contribution in [1.29, 1.82) is 0 Å². The molecule has 3 rings (SSSR count). The molecule has 4 heteroatoms. The number of rotatable bonds is 3. The van der Waals surface area contributed by atoms with Gasteiger partial charge in [0.25, 0.3) is 5.91 Å². The second kappa shape index (κ2) is 6.20. The van der Waals surface area contributed by atoms with Crippen LogP contribution in [0.5, 0.6) is 5.75 Å². The zero-order valence-corrected chi connectivity index (χ0v) is 12.5. The first-order chi connectivity index (χ1) is 10.7. The first-order valence-corrected chi connectivity index (χ1v) is 7.40. The first kappa shape index (κ1) is 14.6. The summed E-state index contributed by atoms with van der Waals surface area (Å²) in [5, 5.41) is 13.5. The number of nitrogens with one attached hydrogen (secondary N) is 1. The van der Waals surface area contributed by atoms with Crippen LogP contribution < -0.4 is 10.1 Å². The molecule has 2 N–H and O–H groups in total. The summed E-state index contributed by atoms with van der Waals surface area (Å²) in [6, 6.07) is 14.5. The van der Waals surface area contributed by atoms with E-state index in [1.54, 1.807) is 19.2 Å². The zero-order chi connectivity index (χ0) is 15.5. The number of benzene rings is 2. The van der Waals surface area contributed by atoms with Crippen LogP contribution in [0.15, 0.2) is 48.5 Å². The average molecular weight is 297 g/mol. The normalized spacial score (nSPS) is 20.1. The van der Waals surface area contributed by atoms with Crippen LogP contribution in [0.4, 0.5) is 0 Å². The Morgan fingerprint density at radius 1 is 1.23 bits per heavy atom. The number of aliphatic hydroxyl groups excluding tert-OH is 1. The van der Waals surface area contributed by atoms with E-state index in [-0.39, 0.29) is 11.9 Å². The van der Waals surface area contributed by atoms with Crippen molar-refractivity contribution in [2.24, 2.45) is 0 Å². The molecule has 1 aliphatic rings. The Labute approximate surface area is 129 Å². The van der Waals surface area contributed by atoms with Gasteiger partial charge >= 0.3 is 0 Å². The SMILES string of the molecule is COc1ccc2c(c1)C(O)C(NC(=O)c1ccccc1)CC2. The van der Waals surface area contributed by atoms with Crippen molar-refractivity contribution in [3.05, 3.63) is 65.2 Å². The maximum atomic E-state index is 12.2. The van der Waals surface area contributed by atoms with Crippen LogP contribution in [-0.4, -0.2) is 24.2 Å². The Morgan fingerprint density at radius 3 is 2.73 bits per heavy atom. The highest BCUT2D eigenvalue weighted by atomic mass is 16.5. The summed E-state index contributed by atoms with van der Waals surface area (Å²) in [6.07, 6.45) is 0.835. The fourth-order valence-electron chi connectivity index (χ4n) is 2.88. The smallest absolute Gasteiger partial charge is 0.251 e. The molecule has 0 aromatic heterocycles. The molecule has 0 saturated carbocycles. The van der Waals surface area contributed by atoms with Crippen LogP contribution in [0, 0.1) is 0 Å². The van der Waals surface area contributed by atoms with Gasteiger partial charge in [0, 0.05) is 5.56 Å². The van der Waals surface area contributed by atoms with E-state index in [0.717, 1.165) is 24.0 Å². The van der Waals surface area contributed by atoms with Gasteiger partial charge in [0.1, 0.15) is 5.75 Å². The summed E-state index contributed by atoms with van der Waals surface area (Å²) < 4.78 is 5.22. The molecule has 0 fully saturated rings. The molecule has 22 heavy (non-hydrogen) atoms. The molecule has 1 amide bonds. The number of aliphatic hydroxyl groups is 1. The Kier molecular flexibility index (Phi) is 4.11. The van der Waals surface area contributed by atoms with E-state index in [1.165, 1.54) is 0 Å². The summed E-state index contributed by atoms with van der Waals surface area (Å²) in [7, 11) is 1.60. The third kappa shape index (κ3) is 2.83. The minimum Gasteiger partial charge on any atom is -0.497 e. The van der Waals surface area contributed by atoms with Gasteiger partial charge in [0.05, 0.1) is 19.3 Å². The fourth-order valence-corrected chi connectivity index (χ4v) is 2.88. The summed E-state index contributed by atoms with van der Waals surface area (Å²) in [4.78, 5) is 12.2. The molecule has 2 aromatic rings. The van der Waals surface area contributed by atoms with Crippen LogP contribution in [0.2, 0.25) is 0 Å². The highest BCUT2D eigenvalue weighted by Gasteiger charge is 2.29. The standard InChI is InChI=1S/C18H19NO3/c1-22-14-9-7-12-8-10-16(17(20)15(12)11-14)19-18(21)13-5-3-2-4-6-13/h2-7,9,11,16-17,20H,8,10H2,1H3,(H,19,21). The molecule has 0 heterocycles. The molecule has 2 unspecified atom stereocenters. The van der Waals surface area contributed by atoms with Gasteiger partial charge in [-0.25, -0.2) is 0 Å². The zero-order valence-electron chi connectivity index (χ0n) is 12.5. The summed E-state index contributed by atoms with van der Waals surface area (Å²) in [6.45, 7) is 0. The number of aryl methyl sites for hydroxylation is 1. The molecule has 114 valence electrons. The van der Waals surface area contributed by atoms with Crippen molar-refractivity contribution < 1.29 is 14.6 Å². The number of methoxy groups -OCH3 is 1. The Balaban J connectivity index is 1.78. The van der Waals surface area contributed by atoms with Gasteiger partial charge < -0.3 is 15.2 Å². The second-order valence-electron chi connectivity index (χ2n) is 5.49. The molecule has 4 nitrogen and oxygen atoms in total. The molecular weight excluding hydrogens is 278 g/mol. The minimum absolute atomic E-state index is 0.156. The van der Waals surface area contributed by atoms with Gasteiger partial charge in [0.15, 0.2) is 0 Å². The van der Waals surface area contributed by atoms with Crippen LogP contribution >= 0.6 is 0 Å². The Bertz CT molecular complexity index is 669. The van der Waals surface area contributed by atoms with Crippen LogP contribution in [0.1, 0.15) is 34.0 Å². The van der Waals surface area contributed by atoms with Crippen molar-refractivity contribution in [3.63, 3.8) is 0 Å². The molecule has 2 aromatic carbocycles. The highest BCUT2D eigenvalue weighted by molar-refractivity contribution is 5.94. The second-order valence-corrected chi connectivity index (χ2v) is 5.49. The number of hydrogen-bond acceptors (Lipinski definition) is 3. The maximum absolute atomic E-state index is 12.2. The van der Waals surface area contributed by atoms with Gasteiger partial charge in [-0.15, -0.1) is 0 Å². The van der Waals surface area contributed by atoms with Crippen molar-refractivity contribution >= 4 is 5.91 Å². The molecule has 0 aliphatic heterocycles. The molecular formula is C18H19NO3. The summed E-state index contributed by atoms with van der Waals surface area (Å²) >= 11 is 0. The molecule has 1 aliphatic carbocycles. The van der Waals surface area contributed by atoms with Crippen LogP contribution in [0.25, 0.3) is 0 Å². The van der Waals surface area contributed by atoms with Gasteiger partial charge in [-0.05, 0) is 48.2 Å². The largest absolute Gasteiger partial charge is 0.497 e. The third-order valence-corrected chi connectivity index (χ3v) is 4.13. The van der Waals surface area contributed by atoms with Crippen molar-refractivity contribution in [3.8, 4) is 5.75 Å². The summed E-state index contributed by atoms with van der Waals surface area (Å²) in [5.41, 5.74) is 2.55. The molecule has 0 bridgehead atoms. The lowest BCUT2D eigenvalue weighted by Crippen LogP contribution is -2.41. The van der Waals surface area contributed by atoms with Gasteiger partial charge in [0.2, 0.25) is 0 Å². The molecule has 0 saturated heterocycles. The van der Waals surface area contributed by atoms with Crippen molar-refractivity contribution in [1.82, 2.24) is 5.32 Å². The average Bonchev–Trinajstić information content (AvgIpc) is 2.58. The number of hydrogen-bond donors (Lipinski definition) is 2. The number of fused-ring (bicyclic) bond motifs is 1. The lowest BCUT2D eigenvalue weighted by atomic mass is 9.85. The van der Waals surface area contributed by atoms with Crippen LogP contribution in [-0.2, 0) is 6.42 Å². The molecule has 0 radical (unpaired) electrons. The first-order valence-electron chi connectivity index (χ1n) is 7.40. The number of carbonyl (C=O) groups excluding carboxylic acids is 1. The van der Waals surface area contributed by atoms with E-state index in [2.05, 4.69) is 5.32 Å². The predicted octanol–water partition coefficient (Wildman–Crippen LogP) is 2.47. The van der Waals surface area contributed by atoms with Crippen molar-refractivity contribution in [2.45, 2.75) is 25.0 Å². The fraction of sp³-hybridized carbons (Fsp3) is 0.278. The third-order valence-electron chi connectivity index (χ3n) is 4.13. The monoisotopic (exact) mass is 297 g/mol. The van der Waals surface area contributed by atoms with Gasteiger partial charge in [-0.2, -0.15) is 0 Å². The van der Waals surface area contributed by atoms with E-state index in [1.807, 2.05) is 36.4 Å². The maximum Gasteiger partial charge on any atom is 0.251 e. The number of ether oxygens (including phenoxy) is 1. The Morgan fingerprint density at radius 2 is 2.00 bits per heavy atom. The quantitative estimate of drug-likeness (QED) is 0.915. The summed E-state index contributed by atoms with van der Waals surface area (Å²) in [5.74, 6) is 0.559. The molecule has 2 atom stereocenters. The highest BCUT2D eigenvalue weighted by Crippen LogP contribution is 2.32. The molecule has 0 spiro atoms.